The molecular weight excluding hydrogens is 124 g/mol. The molecule has 1 unspecified atom stereocenters. The van der Waals surface area contributed by atoms with Crippen LogP contribution >= 0.6 is 0 Å². The molecule has 0 bridgehead atoms. The Morgan fingerprint density at radius 3 is 1.90 bits per heavy atom. The maximum Gasteiger partial charge on any atom is 0.0673 e. The SMILES string of the molecule is CC1CC[C@](C)(O)C1(C)C. The van der Waals surface area contributed by atoms with Crippen molar-refractivity contribution in [3.63, 3.8) is 0 Å². The molecule has 1 aliphatic carbocycles. The van der Waals surface area contributed by atoms with Crippen molar-refractivity contribution in [2.45, 2.75) is 46.1 Å². The second kappa shape index (κ2) is 1.97. The molecule has 0 heterocycles. The Morgan fingerprint density at radius 2 is 1.80 bits per heavy atom. The maximum atomic E-state index is 9.89. The molecule has 1 aliphatic rings. The highest BCUT2D eigenvalue weighted by Crippen LogP contribution is 2.49. The van der Waals surface area contributed by atoms with Crippen molar-refractivity contribution in [1.82, 2.24) is 0 Å². The lowest BCUT2D eigenvalue weighted by atomic mass is 9.74. The van der Waals surface area contributed by atoms with E-state index in [2.05, 4.69) is 20.8 Å². The zero-order chi connectivity index (χ0) is 7.99. The largest absolute Gasteiger partial charge is 0.390 e. The maximum absolute atomic E-state index is 9.89. The number of aliphatic hydroxyl groups is 1. The van der Waals surface area contributed by atoms with Crippen LogP contribution < -0.4 is 0 Å². The average Bonchev–Trinajstić information content (AvgIpc) is 1.94. The summed E-state index contributed by atoms with van der Waals surface area (Å²) in [5.74, 6) is 0.655. The fraction of sp³-hybridized carbons (Fsp3) is 1.00. The third-order valence-corrected chi connectivity index (χ3v) is 3.68. The Balaban J connectivity index is 2.84. The molecule has 1 heteroatoms. The first kappa shape index (κ1) is 8.06. The van der Waals surface area contributed by atoms with Gasteiger partial charge in [0.1, 0.15) is 0 Å². The van der Waals surface area contributed by atoms with Gasteiger partial charge in [-0.05, 0) is 31.1 Å². The van der Waals surface area contributed by atoms with Crippen LogP contribution in [0.2, 0.25) is 0 Å². The lowest BCUT2D eigenvalue weighted by molar-refractivity contribution is -0.0395. The van der Waals surface area contributed by atoms with E-state index >= 15 is 0 Å². The minimum absolute atomic E-state index is 0.104. The van der Waals surface area contributed by atoms with Gasteiger partial charge in [0.2, 0.25) is 0 Å². The molecule has 60 valence electrons. The van der Waals surface area contributed by atoms with Crippen molar-refractivity contribution < 1.29 is 5.11 Å². The van der Waals surface area contributed by atoms with Crippen LogP contribution in [0.3, 0.4) is 0 Å². The monoisotopic (exact) mass is 142 g/mol. The zero-order valence-corrected chi connectivity index (χ0v) is 7.44. The van der Waals surface area contributed by atoms with Crippen LogP contribution in [0.5, 0.6) is 0 Å². The van der Waals surface area contributed by atoms with Crippen LogP contribution in [0, 0.1) is 11.3 Å². The summed E-state index contributed by atoms with van der Waals surface area (Å²) in [6, 6.07) is 0. The van der Waals surface area contributed by atoms with Gasteiger partial charge in [0.15, 0.2) is 0 Å². The van der Waals surface area contributed by atoms with E-state index in [0.717, 1.165) is 6.42 Å². The van der Waals surface area contributed by atoms with Gasteiger partial charge in [-0.15, -0.1) is 0 Å². The van der Waals surface area contributed by atoms with Crippen molar-refractivity contribution in [3.05, 3.63) is 0 Å². The lowest BCUT2D eigenvalue weighted by Crippen LogP contribution is -2.39. The summed E-state index contributed by atoms with van der Waals surface area (Å²) < 4.78 is 0. The highest BCUT2D eigenvalue weighted by Gasteiger charge is 2.48. The average molecular weight is 142 g/mol. The molecule has 10 heavy (non-hydrogen) atoms. The van der Waals surface area contributed by atoms with Crippen LogP contribution in [-0.4, -0.2) is 10.7 Å². The molecule has 0 saturated heterocycles. The first-order chi connectivity index (χ1) is 4.38. The molecule has 1 fully saturated rings. The summed E-state index contributed by atoms with van der Waals surface area (Å²) in [5.41, 5.74) is -0.334. The quantitative estimate of drug-likeness (QED) is 0.549. The van der Waals surface area contributed by atoms with E-state index in [0.29, 0.717) is 5.92 Å². The molecule has 0 aliphatic heterocycles. The number of hydrogen-bond donors (Lipinski definition) is 1. The van der Waals surface area contributed by atoms with E-state index in [-0.39, 0.29) is 5.41 Å². The van der Waals surface area contributed by atoms with Crippen LogP contribution in [0.15, 0.2) is 0 Å². The van der Waals surface area contributed by atoms with Gasteiger partial charge >= 0.3 is 0 Å². The Morgan fingerprint density at radius 1 is 1.30 bits per heavy atom. The summed E-state index contributed by atoms with van der Waals surface area (Å²) in [7, 11) is 0. The summed E-state index contributed by atoms with van der Waals surface area (Å²) in [4.78, 5) is 0. The third kappa shape index (κ3) is 0.878. The van der Waals surface area contributed by atoms with Gasteiger partial charge in [-0.2, -0.15) is 0 Å². The standard InChI is InChI=1S/C9H18O/c1-7-5-6-9(4,10)8(7,2)3/h7,10H,5-6H2,1-4H3/t7?,9-/m0/s1. The molecular formula is C9H18O. The van der Waals surface area contributed by atoms with E-state index in [1.807, 2.05) is 6.92 Å². The van der Waals surface area contributed by atoms with Crippen molar-refractivity contribution in [1.29, 1.82) is 0 Å². The molecule has 1 rings (SSSR count). The smallest absolute Gasteiger partial charge is 0.0673 e. The van der Waals surface area contributed by atoms with Crippen LogP contribution in [0.25, 0.3) is 0 Å². The van der Waals surface area contributed by atoms with Crippen molar-refractivity contribution in [2.75, 3.05) is 0 Å². The third-order valence-electron chi connectivity index (χ3n) is 3.68. The normalized spacial score (nSPS) is 45.9. The van der Waals surface area contributed by atoms with Crippen molar-refractivity contribution in [2.24, 2.45) is 11.3 Å². The zero-order valence-electron chi connectivity index (χ0n) is 7.44. The predicted octanol–water partition coefficient (Wildman–Crippen LogP) is 2.19. The Bertz CT molecular complexity index is 136. The Labute approximate surface area is 63.4 Å². The second-order valence-electron chi connectivity index (χ2n) is 4.44. The minimum atomic E-state index is -0.438. The Kier molecular flexibility index (Phi) is 1.59. The molecule has 2 atom stereocenters. The van der Waals surface area contributed by atoms with Gasteiger partial charge in [-0.1, -0.05) is 20.8 Å². The number of rotatable bonds is 0. The van der Waals surface area contributed by atoms with E-state index in [9.17, 15) is 5.11 Å². The fourth-order valence-electron chi connectivity index (χ4n) is 1.71. The van der Waals surface area contributed by atoms with E-state index < -0.39 is 5.60 Å². The first-order valence-corrected chi connectivity index (χ1v) is 4.10. The summed E-state index contributed by atoms with van der Waals surface area (Å²) in [5, 5.41) is 9.89. The highest BCUT2D eigenvalue weighted by molar-refractivity contribution is 4.98. The first-order valence-electron chi connectivity index (χ1n) is 4.10. The van der Waals surface area contributed by atoms with Gasteiger partial charge in [0, 0.05) is 0 Å². The summed E-state index contributed by atoms with van der Waals surface area (Å²) >= 11 is 0. The molecule has 0 amide bonds. The van der Waals surface area contributed by atoms with Gasteiger partial charge in [0.05, 0.1) is 5.60 Å². The van der Waals surface area contributed by atoms with Gasteiger partial charge in [-0.25, -0.2) is 0 Å². The summed E-state index contributed by atoms with van der Waals surface area (Å²) in [6.45, 7) is 8.49. The summed E-state index contributed by atoms with van der Waals surface area (Å²) in [6.07, 6.45) is 2.13. The van der Waals surface area contributed by atoms with Gasteiger partial charge < -0.3 is 5.11 Å². The molecule has 1 N–H and O–H groups in total. The predicted molar refractivity (Wildman–Crippen MR) is 42.8 cm³/mol. The van der Waals surface area contributed by atoms with Crippen LogP contribution in [0.4, 0.5) is 0 Å². The molecule has 1 nitrogen and oxygen atoms in total. The highest BCUT2D eigenvalue weighted by atomic mass is 16.3. The molecule has 0 radical (unpaired) electrons. The van der Waals surface area contributed by atoms with E-state index in [1.54, 1.807) is 0 Å². The molecule has 0 aromatic rings. The van der Waals surface area contributed by atoms with Gasteiger partial charge in [-0.3, -0.25) is 0 Å². The van der Waals surface area contributed by atoms with E-state index in [4.69, 9.17) is 0 Å². The van der Waals surface area contributed by atoms with Crippen LogP contribution in [-0.2, 0) is 0 Å². The molecule has 0 aromatic carbocycles. The lowest BCUT2D eigenvalue weighted by Gasteiger charge is -2.36. The Hall–Kier alpha value is -0.0400. The van der Waals surface area contributed by atoms with Crippen molar-refractivity contribution in [3.8, 4) is 0 Å². The fourth-order valence-corrected chi connectivity index (χ4v) is 1.71. The topological polar surface area (TPSA) is 20.2 Å². The molecule has 0 aromatic heterocycles. The van der Waals surface area contributed by atoms with Gasteiger partial charge in [0.25, 0.3) is 0 Å². The molecule has 0 spiro atoms. The van der Waals surface area contributed by atoms with E-state index in [1.165, 1.54) is 6.42 Å². The van der Waals surface area contributed by atoms with Crippen molar-refractivity contribution >= 4 is 0 Å². The second-order valence-corrected chi connectivity index (χ2v) is 4.44. The minimum Gasteiger partial charge on any atom is -0.390 e. The van der Waals surface area contributed by atoms with Crippen LogP contribution in [0.1, 0.15) is 40.5 Å². The molecule has 1 saturated carbocycles. The number of hydrogen-bond acceptors (Lipinski definition) is 1.